The van der Waals surface area contributed by atoms with Crippen LogP contribution in [0.15, 0.2) is 12.3 Å². The maximum Gasteiger partial charge on any atom is 0.234 e. The second-order valence-corrected chi connectivity index (χ2v) is 6.00. The molecule has 1 aliphatic heterocycles. The molecule has 5 heteroatoms. The van der Waals surface area contributed by atoms with Crippen molar-refractivity contribution in [3.8, 4) is 0 Å². The van der Waals surface area contributed by atoms with Gasteiger partial charge in [0.2, 0.25) is 5.78 Å². The van der Waals surface area contributed by atoms with Gasteiger partial charge in [0.1, 0.15) is 0 Å². The van der Waals surface area contributed by atoms with E-state index in [-0.39, 0.29) is 0 Å². The van der Waals surface area contributed by atoms with Crippen molar-refractivity contribution >= 4 is 5.78 Å². The summed E-state index contributed by atoms with van der Waals surface area (Å²) in [6.45, 7) is 10.6. The Bertz CT molecular complexity index is 612. The predicted molar refractivity (Wildman–Crippen MR) is 84.4 cm³/mol. The molecule has 0 radical (unpaired) electrons. The molecule has 1 fully saturated rings. The molecule has 114 valence electrons. The minimum atomic E-state index is 0.629. The van der Waals surface area contributed by atoms with E-state index in [0.717, 1.165) is 43.3 Å². The van der Waals surface area contributed by atoms with E-state index in [9.17, 15) is 0 Å². The molecule has 3 heterocycles. The fourth-order valence-corrected chi connectivity index (χ4v) is 3.25. The van der Waals surface area contributed by atoms with Crippen LogP contribution in [0.1, 0.15) is 36.8 Å². The van der Waals surface area contributed by atoms with Crippen LogP contribution in [0, 0.1) is 13.8 Å². The molecular weight excluding hydrogens is 262 g/mol. The number of piperidine rings is 1. The van der Waals surface area contributed by atoms with Gasteiger partial charge in [-0.25, -0.2) is 9.97 Å². The summed E-state index contributed by atoms with van der Waals surface area (Å²) < 4.78 is 2.09. The van der Waals surface area contributed by atoms with Crippen molar-refractivity contribution in [2.75, 3.05) is 19.6 Å². The highest BCUT2D eigenvalue weighted by Gasteiger charge is 2.20. The normalized spacial score (nSPS) is 19.5. The molecule has 0 aliphatic carbocycles. The Balaban J connectivity index is 1.81. The predicted octanol–water partition coefficient (Wildman–Crippen LogP) is 1.92. The van der Waals surface area contributed by atoms with Crippen LogP contribution >= 0.6 is 0 Å². The zero-order chi connectivity index (χ0) is 14.8. The van der Waals surface area contributed by atoms with E-state index in [1.165, 1.54) is 18.5 Å². The first-order chi connectivity index (χ1) is 10.2. The molecule has 3 rings (SSSR count). The highest BCUT2D eigenvalue weighted by Crippen LogP contribution is 2.15. The largest absolute Gasteiger partial charge is 0.315 e. The number of imidazole rings is 1. The summed E-state index contributed by atoms with van der Waals surface area (Å²) in [5.74, 6) is 0.820. The number of hydrogen-bond acceptors (Lipinski definition) is 4. The molecule has 1 aliphatic rings. The molecule has 0 amide bonds. The molecular formula is C16H25N5. The Hall–Kier alpha value is -1.46. The fourth-order valence-electron chi connectivity index (χ4n) is 3.25. The summed E-state index contributed by atoms with van der Waals surface area (Å²) in [6.07, 6.45) is 4.69. The lowest BCUT2D eigenvalue weighted by molar-refractivity contribution is 0.164. The van der Waals surface area contributed by atoms with Crippen molar-refractivity contribution in [2.24, 2.45) is 0 Å². The van der Waals surface area contributed by atoms with E-state index >= 15 is 0 Å². The second kappa shape index (κ2) is 6.12. The van der Waals surface area contributed by atoms with Gasteiger partial charge in [0.25, 0.3) is 0 Å². The van der Waals surface area contributed by atoms with Gasteiger partial charge < -0.3 is 5.32 Å². The molecule has 21 heavy (non-hydrogen) atoms. The summed E-state index contributed by atoms with van der Waals surface area (Å²) in [7, 11) is 0. The van der Waals surface area contributed by atoms with Gasteiger partial charge >= 0.3 is 0 Å². The molecule has 0 bridgehead atoms. The third-order valence-corrected chi connectivity index (χ3v) is 4.37. The average molecular weight is 287 g/mol. The van der Waals surface area contributed by atoms with Gasteiger partial charge in [0.05, 0.1) is 5.69 Å². The first-order valence-electron chi connectivity index (χ1n) is 7.94. The summed E-state index contributed by atoms with van der Waals surface area (Å²) in [5.41, 5.74) is 3.34. The van der Waals surface area contributed by atoms with Crippen molar-refractivity contribution in [3.05, 3.63) is 29.3 Å². The van der Waals surface area contributed by atoms with Crippen LogP contribution in [-0.4, -0.2) is 44.9 Å². The first-order valence-corrected chi connectivity index (χ1v) is 7.94. The molecule has 2 aromatic heterocycles. The average Bonchev–Trinajstić information content (AvgIpc) is 2.88. The smallest absolute Gasteiger partial charge is 0.234 e. The van der Waals surface area contributed by atoms with Crippen molar-refractivity contribution in [1.29, 1.82) is 0 Å². The Labute approximate surface area is 126 Å². The lowest BCUT2D eigenvalue weighted by Gasteiger charge is -2.33. The first kappa shape index (κ1) is 14.5. The number of nitrogens with zero attached hydrogens (tertiary/aromatic N) is 4. The SMILES string of the molecule is CCN(Cc1cn2c(C)cc(C)nc2n1)C1CCCNC1. The third-order valence-electron chi connectivity index (χ3n) is 4.37. The van der Waals surface area contributed by atoms with Gasteiger partial charge in [-0.3, -0.25) is 9.30 Å². The summed E-state index contributed by atoms with van der Waals surface area (Å²) in [5, 5.41) is 3.50. The van der Waals surface area contributed by atoms with E-state index in [1.807, 2.05) is 6.92 Å². The number of rotatable bonds is 4. The highest BCUT2D eigenvalue weighted by atomic mass is 15.2. The number of fused-ring (bicyclic) bond motifs is 1. The molecule has 2 aromatic rings. The third kappa shape index (κ3) is 3.09. The number of aromatic nitrogens is 3. The van der Waals surface area contributed by atoms with Crippen molar-refractivity contribution in [3.63, 3.8) is 0 Å². The van der Waals surface area contributed by atoms with E-state index in [1.54, 1.807) is 0 Å². The molecule has 1 N–H and O–H groups in total. The van der Waals surface area contributed by atoms with Crippen LogP contribution in [0.5, 0.6) is 0 Å². The second-order valence-electron chi connectivity index (χ2n) is 6.00. The number of hydrogen-bond donors (Lipinski definition) is 1. The summed E-state index contributed by atoms with van der Waals surface area (Å²) >= 11 is 0. The van der Waals surface area contributed by atoms with Crippen LogP contribution < -0.4 is 5.32 Å². The quantitative estimate of drug-likeness (QED) is 0.933. The number of aryl methyl sites for hydroxylation is 2. The molecule has 1 unspecified atom stereocenters. The number of nitrogens with one attached hydrogen (secondary N) is 1. The Kier molecular flexibility index (Phi) is 4.22. The highest BCUT2D eigenvalue weighted by molar-refractivity contribution is 5.34. The zero-order valence-electron chi connectivity index (χ0n) is 13.3. The standard InChI is InChI=1S/C16H25N5/c1-4-20(15-6-5-7-17-9-15)10-14-11-21-13(3)8-12(2)18-16(21)19-14/h8,11,15,17H,4-7,9-10H2,1-3H3. The fraction of sp³-hybridized carbons (Fsp3) is 0.625. The van der Waals surface area contributed by atoms with Crippen molar-refractivity contribution in [2.45, 2.75) is 46.2 Å². The van der Waals surface area contributed by atoms with Gasteiger partial charge in [0.15, 0.2) is 0 Å². The van der Waals surface area contributed by atoms with Crippen molar-refractivity contribution < 1.29 is 0 Å². The molecule has 1 atom stereocenters. The lowest BCUT2D eigenvalue weighted by Crippen LogP contribution is -2.45. The van der Waals surface area contributed by atoms with E-state index < -0.39 is 0 Å². The molecule has 0 spiro atoms. The Morgan fingerprint density at radius 1 is 1.38 bits per heavy atom. The summed E-state index contributed by atoms with van der Waals surface area (Å²) in [6, 6.07) is 2.73. The maximum absolute atomic E-state index is 4.71. The van der Waals surface area contributed by atoms with Crippen molar-refractivity contribution in [1.82, 2.24) is 24.6 Å². The van der Waals surface area contributed by atoms with Gasteiger partial charge in [0, 0.05) is 36.7 Å². The van der Waals surface area contributed by atoms with Crippen LogP contribution in [0.4, 0.5) is 0 Å². The Morgan fingerprint density at radius 3 is 2.95 bits per heavy atom. The van der Waals surface area contributed by atoms with Gasteiger partial charge in [-0.05, 0) is 45.8 Å². The van der Waals surface area contributed by atoms with E-state index in [2.05, 4.69) is 45.7 Å². The molecule has 1 saturated heterocycles. The minimum absolute atomic E-state index is 0.629. The number of likely N-dealkylation sites (N-methyl/N-ethyl adjacent to an activating group) is 1. The molecule has 5 nitrogen and oxygen atoms in total. The van der Waals surface area contributed by atoms with Crippen LogP contribution in [0.3, 0.4) is 0 Å². The molecule has 0 aromatic carbocycles. The molecule has 0 saturated carbocycles. The van der Waals surface area contributed by atoms with Gasteiger partial charge in [-0.15, -0.1) is 0 Å². The van der Waals surface area contributed by atoms with Crippen LogP contribution in [0.25, 0.3) is 5.78 Å². The van der Waals surface area contributed by atoms with Gasteiger partial charge in [-0.2, -0.15) is 0 Å². The Morgan fingerprint density at radius 2 is 2.24 bits per heavy atom. The topological polar surface area (TPSA) is 45.5 Å². The maximum atomic E-state index is 4.71. The zero-order valence-corrected chi connectivity index (χ0v) is 13.3. The van der Waals surface area contributed by atoms with Crippen LogP contribution in [-0.2, 0) is 6.54 Å². The van der Waals surface area contributed by atoms with Crippen LogP contribution in [0.2, 0.25) is 0 Å². The monoisotopic (exact) mass is 287 g/mol. The lowest BCUT2D eigenvalue weighted by atomic mass is 10.1. The van der Waals surface area contributed by atoms with E-state index in [0.29, 0.717) is 6.04 Å². The van der Waals surface area contributed by atoms with E-state index in [4.69, 9.17) is 4.98 Å². The summed E-state index contributed by atoms with van der Waals surface area (Å²) in [4.78, 5) is 11.8. The minimum Gasteiger partial charge on any atom is -0.315 e. The van der Waals surface area contributed by atoms with Gasteiger partial charge in [-0.1, -0.05) is 6.92 Å².